The van der Waals surface area contributed by atoms with Crippen LogP contribution in [0.15, 0.2) is 18.2 Å². The number of aromatic amines is 1. The number of aryl methyl sites for hydroxylation is 2. The van der Waals surface area contributed by atoms with Crippen molar-refractivity contribution in [3.8, 4) is 0 Å². The summed E-state index contributed by atoms with van der Waals surface area (Å²) in [6, 6.07) is 6.67. The van der Waals surface area contributed by atoms with Gasteiger partial charge in [0.2, 0.25) is 0 Å². The predicted octanol–water partition coefficient (Wildman–Crippen LogP) is 3.28. The van der Waals surface area contributed by atoms with E-state index < -0.39 is 0 Å². The molecule has 0 fully saturated rings. The van der Waals surface area contributed by atoms with Crippen molar-refractivity contribution >= 4 is 10.9 Å². The third kappa shape index (κ3) is 1.98. The van der Waals surface area contributed by atoms with Crippen molar-refractivity contribution in [2.24, 2.45) is 5.73 Å². The largest absolute Gasteiger partial charge is 0.358 e. The quantitative estimate of drug-likeness (QED) is 0.835. The van der Waals surface area contributed by atoms with Crippen molar-refractivity contribution in [2.75, 3.05) is 6.54 Å². The van der Waals surface area contributed by atoms with Crippen LogP contribution >= 0.6 is 0 Å². The van der Waals surface area contributed by atoms with E-state index in [1.165, 1.54) is 27.7 Å². The first-order valence-electron chi connectivity index (χ1n) is 6.31. The Labute approximate surface area is 103 Å². The molecule has 0 atom stereocenters. The number of nitrogens with one attached hydrogen (secondary N) is 1. The van der Waals surface area contributed by atoms with E-state index in [2.05, 4.69) is 50.9 Å². The highest BCUT2D eigenvalue weighted by molar-refractivity contribution is 5.86. The number of hydrogen-bond donors (Lipinski definition) is 2. The van der Waals surface area contributed by atoms with E-state index in [9.17, 15) is 0 Å². The maximum Gasteiger partial charge on any atom is 0.0459 e. The van der Waals surface area contributed by atoms with Gasteiger partial charge in [-0.25, -0.2) is 0 Å². The molecule has 0 unspecified atom stereocenters. The van der Waals surface area contributed by atoms with Crippen molar-refractivity contribution in [2.45, 2.75) is 39.5 Å². The van der Waals surface area contributed by atoms with Crippen molar-refractivity contribution in [3.63, 3.8) is 0 Å². The van der Waals surface area contributed by atoms with Gasteiger partial charge in [-0.1, -0.05) is 26.8 Å². The number of H-pyrrole nitrogens is 1. The van der Waals surface area contributed by atoms with Crippen molar-refractivity contribution in [1.29, 1.82) is 0 Å². The topological polar surface area (TPSA) is 41.8 Å². The monoisotopic (exact) mass is 230 g/mol. The Morgan fingerprint density at radius 3 is 2.59 bits per heavy atom. The SMILES string of the molecule is CCc1ccc2[nH]c(C)c(C(C)(C)CN)c2c1. The summed E-state index contributed by atoms with van der Waals surface area (Å²) in [5, 5.41) is 1.33. The molecule has 0 bridgehead atoms. The minimum absolute atomic E-state index is 0.0225. The molecule has 0 aliphatic carbocycles. The minimum Gasteiger partial charge on any atom is -0.358 e. The van der Waals surface area contributed by atoms with Crippen LogP contribution in [-0.2, 0) is 11.8 Å². The number of benzene rings is 1. The van der Waals surface area contributed by atoms with Crippen LogP contribution in [0.3, 0.4) is 0 Å². The third-order valence-electron chi connectivity index (χ3n) is 3.65. The first kappa shape index (κ1) is 12.2. The summed E-state index contributed by atoms with van der Waals surface area (Å²) in [4.78, 5) is 3.46. The second-order valence-corrected chi connectivity index (χ2v) is 5.45. The standard InChI is InChI=1S/C15H22N2/c1-5-11-6-7-13-12(8-11)14(10(2)17-13)15(3,4)9-16/h6-8,17H,5,9,16H2,1-4H3. The lowest BCUT2D eigenvalue weighted by Gasteiger charge is -2.23. The lowest BCUT2D eigenvalue weighted by molar-refractivity contribution is 0.540. The Morgan fingerprint density at radius 1 is 1.29 bits per heavy atom. The van der Waals surface area contributed by atoms with Crippen molar-refractivity contribution in [3.05, 3.63) is 35.0 Å². The zero-order valence-corrected chi connectivity index (χ0v) is 11.2. The Morgan fingerprint density at radius 2 is 2.00 bits per heavy atom. The second kappa shape index (κ2) is 4.19. The fourth-order valence-corrected chi connectivity index (χ4v) is 2.57. The summed E-state index contributed by atoms with van der Waals surface area (Å²) in [7, 11) is 0. The van der Waals surface area contributed by atoms with E-state index in [0.29, 0.717) is 6.54 Å². The van der Waals surface area contributed by atoms with Crippen LogP contribution in [0.1, 0.15) is 37.6 Å². The summed E-state index contributed by atoms with van der Waals surface area (Å²) in [6.45, 7) is 9.41. The molecule has 2 aromatic rings. The molecular formula is C15H22N2. The van der Waals surface area contributed by atoms with Crippen LogP contribution in [0.25, 0.3) is 10.9 Å². The van der Waals surface area contributed by atoms with E-state index >= 15 is 0 Å². The average molecular weight is 230 g/mol. The van der Waals surface area contributed by atoms with Gasteiger partial charge in [-0.05, 0) is 36.6 Å². The molecule has 0 saturated carbocycles. The molecule has 0 saturated heterocycles. The van der Waals surface area contributed by atoms with Crippen LogP contribution in [0, 0.1) is 6.92 Å². The van der Waals surface area contributed by atoms with E-state index in [0.717, 1.165) is 6.42 Å². The van der Waals surface area contributed by atoms with Gasteiger partial charge in [-0.2, -0.15) is 0 Å². The molecule has 0 aliphatic rings. The van der Waals surface area contributed by atoms with E-state index in [4.69, 9.17) is 5.73 Å². The highest BCUT2D eigenvalue weighted by atomic mass is 14.7. The van der Waals surface area contributed by atoms with E-state index in [1.807, 2.05) is 0 Å². The van der Waals surface area contributed by atoms with Gasteiger partial charge in [0, 0.05) is 28.6 Å². The maximum atomic E-state index is 5.91. The van der Waals surface area contributed by atoms with E-state index in [1.54, 1.807) is 0 Å². The van der Waals surface area contributed by atoms with Gasteiger partial charge in [-0.15, -0.1) is 0 Å². The zero-order valence-electron chi connectivity index (χ0n) is 11.2. The highest BCUT2D eigenvalue weighted by Gasteiger charge is 2.24. The zero-order chi connectivity index (χ0) is 12.6. The average Bonchev–Trinajstić information content (AvgIpc) is 2.64. The predicted molar refractivity (Wildman–Crippen MR) is 74.5 cm³/mol. The summed E-state index contributed by atoms with van der Waals surface area (Å²) in [6.07, 6.45) is 1.07. The minimum atomic E-state index is 0.0225. The fourth-order valence-electron chi connectivity index (χ4n) is 2.57. The molecule has 1 aromatic heterocycles. The van der Waals surface area contributed by atoms with E-state index in [-0.39, 0.29) is 5.41 Å². The molecular weight excluding hydrogens is 208 g/mol. The lowest BCUT2D eigenvalue weighted by Crippen LogP contribution is -2.28. The third-order valence-corrected chi connectivity index (χ3v) is 3.65. The maximum absolute atomic E-state index is 5.91. The molecule has 0 amide bonds. The first-order valence-corrected chi connectivity index (χ1v) is 6.31. The molecule has 2 rings (SSSR count). The van der Waals surface area contributed by atoms with Gasteiger partial charge >= 0.3 is 0 Å². The Hall–Kier alpha value is -1.28. The summed E-state index contributed by atoms with van der Waals surface area (Å²) < 4.78 is 0. The van der Waals surface area contributed by atoms with Gasteiger partial charge in [0.25, 0.3) is 0 Å². The molecule has 2 heteroatoms. The summed E-state index contributed by atoms with van der Waals surface area (Å²) in [5.74, 6) is 0. The van der Waals surface area contributed by atoms with Gasteiger partial charge in [0.05, 0.1) is 0 Å². The Kier molecular flexibility index (Phi) is 3.00. The van der Waals surface area contributed by atoms with Gasteiger partial charge in [-0.3, -0.25) is 0 Å². The number of hydrogen-bond acceptors (Lipinski definition) is 1. The molecule has 2 nitrogen and oxygen atoms in total. The number of aromatic nitrogens is 1. The first-order chi connectivity index (χ1) is 7.99. The fraction of sp³-hybridized carbons (Fsp3) is 0.467. The molecule has 0 spiro atoms. The normalized spacial score (nSPS) is 12.3. The molecule has 1 aromatic carbocycles. The van der Waals surface area contributed by atoms with Gasteiger partial charge in [0.15, 0.2) is 0 Å². The van der Waals surface area contributed by atoms with Crippen LogP contribution in [0.2, 0.25) is 0 Å². The number of fused-ring (bicyclic) bond motifs is 1. The molecule has 92 valence electrons. The van der Waals surface area contributed by atoms with Crippen LogP contribution in [0.4, 0.5) is 0 Å². The molecule has 3 N–H and O–H groups in total. The smallest absolute Gasteiger partial charge is 0.0459 e. The van der Waals surface area contributed by atoms with Crippen LogP contribution < -0.4 is 5.73 Å². The number of rotatable bonds is 3. The Balaban J connectivity index is 2.72. The summed E-state index contributed by atoms with van der Waals surface area (Å²) in [5.41, 5.74) is 11.1. The Bertz CT molecular complexity index is 535. The van der Waals surface area contributed by atoms with Crippen LogP contribution in [-0.4, -0.2) is 11.5 Å². The summed E-state index contributed by atoms with van der Waals surface area (Å²) >= 11 is 0. The van der Waals surface area contributed by atoms with Crippen molar-refractivity contribution in [1.82, 2.24) is 4.98 Å². The van der Waals surface area contributed by atoms with Gasteiger partial charge < -0.3 is 10.7 Å². The van der Waals surface area contributed by atoms with Crippen LogP contribution in [0.5, 0.6) is 0 Å². The molecule has 0 radical (unpaired) electrons. The second-order valence-electron chi connectivity index (χ2n) is 5.45. The highest BCUT2D eigenvalue weighted by Crippen LogP contribution is 2.33. The molecule has 17 heavy (non-hydrogen) atoms. The van der Waals surface area contributed by atoms with Crippen molar-refractivity contribution < 1.29 is 0 Å². The number of nitrogens with two attached hydrogens (primary N) is 1. The molecule has 1 heterocycles. The van der Waals surface area contributed by atoms with Gasteiger partial charge in [0.1, 0.15) is 0 Å². The lowest BCUT2D eigenvalue weighted by atomic mass is 9.82. The molecule has 0 aliphatic heterocycles.